The standard InChI is InChI=1S/C11H11BrN2O2S2/c12-7-2-1-3-8(4-7)14-9-5-18(15,16)6-10(9)17-11(14)13/h1-4,9-10,13H,5-6H2/t9-,10-/m0/s1. The van der Waals surface area contributed by atoms with Crippen molar-refractivity contribution in [1.82, 2.24) is 0 Å². The van der Waals surface area contributed by atoms with Crippen LogP contribution in [0.3, 0.4) is 0 Å². The van der Waals surface area contributed by atoms with E-state index in [1.54, 1.807) is 0 Å². The summed E-state index contributed by atoms with van der Waals surface area (Å²) >= 11 is 4.76. The molecule has 4 nitrogen and oxygen atoms in total. The fourth-order valence-corrected chi connectivity index (χ4v) is 6.62. The monoisotopic (exact) mass is 346 g/mol. The van der Waals surface area contributed by atoms with Gasteiger partial charge in [-0.05, 0) is 18.2 Å². The van der Waals surface area contributed by atoms with Gasteiger partial charge in [-0.3, -0.25) is 5.41 Å². The molecular formula is C11H11BrN2O2S2. The lowest BCUT2D eigenvalue weighted by molar-refractivity contribution is 0.601. The number of nitrogens with zero attached hydrogens (tertiary/aromatic N) is 1. The van der Waals surface area contributed by atoms with Crippen LogP contribution in [0.15, 0.2) is 28.7 Å². The van der Waals surface area contributed by atoms with Crippen molar-refractivity contribution in [1.29, 1.82) is 5.41 Å². The third-order valence-corrected chi connectivity index (χ3v) is 6.80. The molecule has 0 aliphatic carbocycles. The van der Waals surface area contributed by atoms with Crippen molar-refractivity contribution in [3.63, 3.8) is 0 Å². The summed E-state index contributed by atoms with van der Waals surface area (Å²) in [6, 6.07) is 7.55. The molecule has 0 radical (unpaired) electrons. The topological polar surface area (TPSA) is 61.2 Å². The van der Waals surface area contributed by atoms with Crippen molar-refractivity contribution in [3.05, 3.63) is 28.7 Å². The number of rotatable bonds is 1. The maximum atomic E-state index is 11.7. The molecule has 7 heteroatoms. The smallest absolute Gasteiger partial charge is 0.161 e. The zero-order valence-electron chi connectivity index (χ0n) is 9.34. The highest BCUT2D eigenvalue weighted by atomic mass is 79.9. The Hall–Kier alpha value is -0.530. The first kappa shape index (κ1) is 12.5. The van der Waals surface area contributed by atoms with Gasteiger partial charge in [-0.2, -0.15) is 0 Å². The van der Waals surface area contributed by atoms with Gasteiger partial charge in [-0.15, -0.1) is 0 Å². The quantitative estimate of drug-likeness (QED) is 0.845. The second-order valence-corrected chi connectivity index (χ2v) is 8.75. The zero-order chi connectivity index (χ0) is 12.9. The molecule has 2 fully saturated rings. The number of nitrogens with one attached hydrogen (secondary N) is 1. The Morgan fingerprint density at radius 2 is 2.17 bits per heavy atom. The zero-order valence-corrected chi connectivity index (χ0v) is 12.6. The predicted molar refractivity (Wildman–Crippen MR) is 78.2 cm³/mol. The van der Waals surface area contributed by atoms with Crippen molar-refractivity contribution in [2.24, 2.45) is 0 Å². The number of thioether (sulfide) groups is 1. The van der Waals surface area contributed by atoms with E-state index >= 15 is 0 Å². The summed E-state index contributed by atoms with van der Waals surface area (Å²) in [6.45, 7) is 0. The summed E-state index contributed by atoms with van der Waals surface area (Å²) in [5.41, 5.74) is 0.881. The van der Waals surface area contributed by atoms with Gasteiger partial charge in [0.2, 0.25) is 0 Å². The number of benzene rings is 1. The van der Waals surface area contributed by atoms with Crippen molar-refractivity contribution >= 4 is 48.4 Å². The Kier molecular flexibility index (Phi) is 2.95. The van der Waals surface area contributed by atoms with Crippen LogP contribution in [0.25, 0.3) is 0 Å². The van der Waals surface area contributed by atoms with E-state index in [2.05, 4.69) is 15.9 Å². The molecule has 0 amide bonds. The summed E-state index contributed by atoms with van der Waals surface area (Å²) in [4.78, 5) is 1.84. The number of sulfone groups is 1. The van der Waals surface area contributed by atoms with E-state index in [9.17, 15) is 8.42 Å². The highest BCUT2D eigenvalue weighted by Crippen LogP contribution is 2.40. The van der Waals surface area contributed by atoms with E-state index < -0.39 is 9.84 Å². The molecule has 0 bridgehead atoms. The van der Waals surface area contributed by atoms with Crippen LogP contribution in [-0.2, 0) is 9.84 Å². The SMILES string of the molecule is N=C1S[C@H]2CS(=O)(=O)C[C@@H]2N1c1cccc(Br)c1. The average Bonchev–Trinajstić information content (AvgIpc) is 2.68. The molecule has 0 aromatic heterocycles. The largest absolute Gasteiger partial charge is 0.316 e. The molecule has 1 N–H and O–H groups in total. The van der Waals surface area contributed by atoms with Gasteiger partial charge in [0, 0.05) is 15.4 Å². The Balaban J connectivity index is 1.99. The minimum atomic E-state index is -2.95. The van der Waals surface area contributed by atoms with Crippen molar-refractivity contribution < 1.29 is 8.42 Å². The lowest BCUT2D eigenvalue weighted by Gasteiger charge is -2.23. The number of halogens is 1. The lowest BCUT2D eigenvalue weighted by Crippen LogP contribution is -2.37. The Bertz CT molecular complexity index is 617. The van der Waals surface area contributed by atoms with Crippen LogP contribution in [0, 0.1) is 5.41 Å². The first-order chi connectivity index (χ1) is 8.46. The molecule has 96 valence electrons. The van der Waals surface area contributed by atoms with Gasteiger partial charge < -0.3 is 4.90 Å². The Morgan fingerprint density at radius 3 is 2.89 bits per heavy atom. The maximum Gasteiger partial charge on any atom is 0.161 e. The molecule has 3 rings (SSSR count). The molecule has 0 spiro atoms. The third kappa shape index (κ3) is 2.08. The lowest BCUT2D eigenvalue weighted by atomic mass is 10.2. The molecule has 2 saturated heterocycles. The van der Waals surface area contributed by atoms with Crippen LogP contribution in [-0.4, -0.2) is 36.4 Å². The second-order valence-electron chi connectivity index (χ2n) is 4.46. The summed E-state index contributed by atoms with van der Waals surface area (Å²) in [5.74, 6) is 0.342. The number of hydrogen-bond donors (Lipinski definition) is 1. The maximum absolute atomic E-state index is 11.7. The first-order valence-corrected chi connectivity index (χ1v) is 8.96. The van der Waals surface area contributed by atoms with E-state index in [1.807, 2.05) is 29.2 Å². The average molecular weight is 347 g/mol. The molecule has 1 aromatic rings. The molecule has 2 heterocycles. The van der Waals surface area contributed by atoms with Crippen LogP contribution in [0.4, 0.5) is 5.69 Å². The van der Waals surface area contributed by atoms with E-state index in [-0.39, 0.29) is 22.8 Å². The van der Waals surface area contributed by atoms with Gasteiger partial charge in [0.1, 0.15) is 0 Å². The molecule has 0 unspecified atom stereocenters. The number of hydrogen-bond acceptors (Lipinski definition) is 4. The number of anilines is 1. The summed E-state index contributed by atoms with van der Waals surface area (Å²) < 4.78 is 24.3. The summed E-state index contributed by atoms with van der Waals surface area (Å²) in [7, 11) is -2.95. The van der Waals surface area contributed by atoms with Gasteiger partial charge in [-0.1, -0.05) is 33.8 Å². The highest BCUT2D eigenvalue weighted by Gasteiger charge is 2.48. The summed E-state index contributed by atoms with van der Waals surface area (Å²) in [5, 5.41) is 8.46. The molecule has 0 saturated carbocycles. The molecule has 18 heavy (non-hydrogen) atoms. The molecular weight excluding hydrogens is 336 g/mol. The molecule has 1 aromatic carbocycles. The van der Waals surface area contributed by atoms with Crippen molar-refractivity contribution in [2.45, 2.75) is 11.3 Å². The van der Waals surface area contributed by atoms with Crippen LogP contribution >= 0.6 is 27.7 Å². The van der Waals surface area contributed by atoms with Gasteiger partial charge >= 0.3 is 0 Å². The van der Waals surface area contributed by atoms with Gasteiger partial charge in [0.25, 0.3) is 0 Å². The van der Waals surface area contributed by atoms with E-state index in [0.29, 0.717) is 5.17 Å². The van der Waals surface area contributed by atoms with Crippen LogP contribution in [0.1, 0.15) is 0 Å². The predicted octanol–water partition coefficient (Wildman–Crippen LogP) is 2.10. The van der Waals surface area contributed by atoms with E-state index in [4.69, 9.17) is 5.41 Å². The fraction of sp³-hybridized carbons (Fsp3) is 0.364. The third-order valence-electron chi connectivity index (χ3n) is 3.17. The molecule has 2 aliphatic heterocycles. The van der Waals surface area contributed by atoms with Crippen molar-refractivity contribution in [2.75, 3.05) is 16.4 Å². The van der Waals surface area contributed by atoms with Gasteiger partial charge in [0.15, 0.2) is 15.0 Å². The van der Waals surface area contributed by atoms with Crippen LogP contribution in [0.2, 0.25) is 0 Å². The van der Waals surface area contributed by atoms with E-state index in [1.165, 1.54) is 11.8 Å². The van der Waals surface area contributed by atoms with Gasteiger partial charge in [-0.25, -0.2) is 8.42 Å². The molecule has 2 atom stereocenters. The molecule has 2 aliphatic rings. The minimum Gasteiger partial charge on any atom is -0.316 e. The Labute approximate surface area is 118 Å². The highest BCUT2D eigenvalue weighted by molar-refractivity contribution is 9.10. The number of amidine groups is 1. The summed E-state index contributed by atoms with van der Waals surface area (Å²) in [6.07, 6.45) is 0. The van der Waals surface area contributed by atoms with Crippen LogP contribution in [0.5, 0.6) is 0 Å². The van der Waals surface area contributed by atoms with Crippen LogP contribution < -0.4 is 4.90 Å². The minimum absolute atomic E-state index is 0.00137. The number of fused-ring (bicyclic) bond motifs is 1. The second kappa shape index (κ2) is 4.25. The Morgan fingerprint density at radius 1 is 1.39 bits per heavy atom. The fourth-order valence-electron chi connectivity index (χ4n) is 2.44. The van der Waals surface area contributed by atoms with Crippen molar-refractivity contribution in [3.8, 4) is 0 Å². The van der Waals surface area contributed by atoms with E-state index in [0.717, 1.165) is 10.2 Å². The first-order valence-electron chi connectivity index (χ1n) is 5.47. The van der Waals surface area contributed by atoms with Gasteiger partial charge in [0.05, 0.1) is 17.5 Å². The normalized spacial score (nSPS) is 29.6.